The van der Waals surface area contributed by atoms with Crippen LogP contribution in [-0.4, -0.2) is 19.3 Å². The third-order valence-corrected chi connectivity index (χ3v) is 2.94. The van der Waals surface area contributed by atoms with Crippen molar-refractivity contribution in [2.24, 2.45) is 0 Å². The van der Waals surface area contributed by atoms with Crippen LogP contribution in [0.5, 0.6) is 11.5 Å². The van der Waals surface area contributed by atoms with Gasteiger partial charge in [0.2, 0.25) is 0 Å². The molecule has 0 aliphatic rings. The van der Waals surface area contributed by atoms with Crippen molar-refractivity contribution in [1.29, 1.82) is 0 Å². The Bertz CT molecular complexity index is 627. The number of thiocarbonyl (C=S) groups is 1. The molecule has 0 spiro atoms. The minimum atomic E-state index is -0.370. The summed E-state index contributed by atoms with van der Waals surface area (Å²) in [7, 11) is 3.13. The third-order valence-electron chi connectivity index (χ3n) is 2.73. The Morgan fingerprint density at radius 3 is 2.19 bits per heavy atom. The van der Waals surface area contributed by atoms with Crippen LogP contribution in [0.25, 0.3) is 0 Å². The second kappa shape index (κ2) is 6.90. The number of halogens is 1. The second-order valence-corrected chi connectivity index (χ2v) is 4.57. The number of hydrogen-bond acceptors (Lipinski definition) is 3. The molecule has 21 heavy (non-hydrogen) atoms. The molecule has 0 saturated heterocycles. The molecule has 2 aromatic rings. The molecule has 0 fully saturated rings. The largest absolute Gasteiger partial charge is 0.497 e. The zero-order valence-electron chi connectivity index (χ0n) is 11.6. The summed E-state index contributed by atoms with van der Waals surface area (Å²) >= 11 is 5.17. The van der Waals surface area contributed by atoms with E-state index >= 15 is 0 Å². The van der Waals surface area contributed by atoms with Gasteiger partial charge in [-0.3, -0.25) is 0 Å². The van der Waals surface area contributed by atoms with Crippen LogP contribution in [-0.2, 0) is 0 Å². The van der Waals surface area contributed by atoms with E-state index in [9.17, 15) is 4.39 Å². The molecule has 110 valence electrons. The van der Waals surface area contributed by atoms with Crippen molar-refractivity contribution in [2.45, 2.75) is 0 Å². The van der Waals surface area contributed by atoms with E-state index in [0.29, 0.717) is 22.9 Å². The van der Waals surface area contributed by atoms with Gasteiger partial charge in [-0.1, -0.05) is 12.1 Å². The topological polar surface area (TPSA) is 42.5 Å². The number of benzene rings is 2. The standard InChI is InChI=1S/C15H15FN2O2S/c1-19-11-7-10(8-12(9-11)20-2)17-15(21)18-14-6-4-3-5-13(14)16/h3-9H,1-2H3,(H2,17,18,21). The fraction of sp³-hybridized carbons (Fsp3) is 0.133. The average molecular weight is 306 g/mol. The molecule has 2 rings (SSSR count). The van der Waals surface area contributed by atoms with Gasteiger partial charge >= 0.3 is 0 Å². The highest BCUT2D eigenvalue weighted by Crippen LogP contribution is 2.26. The number of methoxy groups -OCH3 is 2. The highest BCUT2D eigenvalue weighted by Gasteiger charge is 2.06. The quantitative estimate of drug-likeness (QED) is 0.844. The molecule has 0 heterocycles. The van der Waals surface area contributed by atoms with Gasteiger partial charge in [0.15, 0.2) is 5.11 Å². The third kappa shape index (κ3) is 4.06. The zero-order valence-corrected chi connectivity index (χ0v) is 12.5. The fourth-order valence-electron chi connectivity index (χ4n) is 1.73. The first-order valence-electron chi connectivity index (χ1n) is 6.18. The molecule has 0 unspecified atom stereocenters. The number of rotatable bonds is 4. The van der Waals surface area contributed by atoms with Crippen LogP contribution in [0, 0.1) is 5.82 Å². The molecule has 0 aliphatic heterocycles. The summed E-state index contributed by atoms with van der Waals surface area (Å²) in [5.74, 6) is 0.890. The zero-order chi connectivity index (χ0) is 15.2. The van der Waals surface area contributed by atoms with Crippen molar-refractivity contribution < 1.29 is 13.9 Å². The van der Waals surface area contributed by atoms with E-state index in [0.717, 1.165) is 0 Å². The van der Waals surface area contributed by atoms with Gasteiger partial charge < -0.3 is 20.1 Å². The molecule has 0 radical (unpaired) electrons. The summed E-state index contributed by atoms with van der Waals surface area (Å²) < 4.78 is 23.9. The van der Waals surface area contributed by atoms with Gasteiger partial charge in [0.25, 0.3) is 0 Å². The molecule has 4 nitrogen and oxygen atoms in total. The average Bonchev–Trinajstić information content (AvgIpc) is 2.49. The predicted octanol–water partition coefficient (Wildman–Crippen LogP) is 3.65. The first-order valence-corrected chi connectivity index (χ1v) is 6.59. The molecule has 0 bridgehead atoms. The van der Waals surface area contributed by atoms with Crippen LogP contribution in [0.2, 0.25) is 0 Å². The summed E-state index contributed by atoms with van der Waals surface area (Å²) in [6.07, 6.45) is 0. The van der Waals surface area contributed by atoms with E-state index in [1.807, 2.05) is 0 Å². The first-order chi connectivity index (χ1) is 10.1. The molecule has 2 aromatic carbocycles. The van der Waals surface area contributed by atoms with Crippen LogP contribution < -0.4 is 20.1 Å². The van der Waals surface area contributed by atoms with Crippen molar-refractivity contribution in [3.8, 4) is 11.5 Å². The molecular formula is C15H15FN2O2S. The summed E-state index contributed by atoms with van der Waals surface area (Å²) in [5.41, 5.74) is 0.991. The van der Waals surface area contributed by atoms with Crippen LogP contribution >= 0.6 is 12.2 Å². The summed E-state index contributed by atoms with van der Waals surface area (Å²) in [6.45, 7) is 0. The van der Waals surface area contributed by atoms with Gasteiger partial charge in [0.05, 0.1) is 19.9 Å². The molecular weight excluding hydrogens is 291 g/mol. The summed E-state index contributed by atoms with van der Waals surface area (Å²) in [5, 5.41) is 6.03. The Morgan fingerprint density at radius 2 is 1.62 bits per heavy atom. The Kier molecular flexibility index (Phi) is 4.94. The SMILES string of the molecule is COc1cc(NC(=S)Nc2ccccc2F)cc(OC)c1. The van der Waals surface area contributed by atoms with Gasteiger partial charge in [-0.05, 0) is 24.4 Å². The van der Waals surface area contributed by atoms with Gasteiger partial charge in [0.1, 0.15) is 17.3 Å². The predicted molar refractivity (Wildman–Crippen MR) is 85.8 cm³/mol. The van der Waals surface area contributed by atoms with E-state index < -0.39 is 0 Å². The van der Waals surface area contributed by atoms with Crippen LogP contribution in [0.4, 0.5) is 15.8 Å². The van der Waals surface area contributed by atoms with Gasteiger partial charge in [-0.2, -0.15) is 0 Å². The molecule has 2 N–H and O–H groups in total. The smallest absolute Gasteiger partial charge is 0.175 e. The molecule has 0 atom stereocenters. The Morgan fingerprint density at radius 1 is 1.00 bits per heavy atom. The molecule has 0 saturated carbocycles. The number of hydrogen-bond donors (Lipinski definition) is 2. The summed E-state index contributed by atoms with van der Waals surface area (Å²) in [6, 6.07) is 11.6. The van der Waals surface area contributed by atoms with Crippen molar-refractivity contribution in [3.63, 3.8) is 0 Å². The Hall–Kier alpha value is -2.34. The molecule has 0 aliphatic carbocycles. The van der Waals surface area contributed by atoms with E-state index in [1.54, 1.807) is 50.6 Å². The Balaban J connectivity index is 2.11. The van der Waals surface area contributed by atoms with E-state index in [-0.39, 0.29) is 10.9 Å². The maximum Gasteiger partial charge on any atom is 0.175 e. The van der Waals surface area contributed by atoms with Gasteiger partial charge in [-0.15, -0.1) is 0 Å². The number of para-hydroxylation sites is 1. The lowest BCUT2D eigenvalue weighted by Crippen LogP contribution is -2.19. The lowest BCUT2D eigenvalue weighted by molar-refractivity contribution is 0.395. The maximum atomic E-state index is 13.5. The first kappa shape index (κ1) is 15.1. The summed E-state index contributed by atoms with van der Waals surface area (Å²) in [4.78, 5) is 0. The highest BCUT2D eigenvalue weighted by molar-refractivity contribution is 7.80. The number of nitrogens with one attached hydrogen (secondary N) is 2. The number of anilines is 2. The van der Waals surface area contributed by atoms with Gasteiger partial charge in [0, 0.05) is 23.9 Å². The molecule has 6 heteroatoms. The Labute approximate surface area is 127 Å². The van der Waals surface area contributed by atoms with Crippen molar-refractivity contribution in [1.82, 2.24) is 0 Å². The van der Waals surface area contributed by atoms with Crippen molar-refractivity contribution in [2.75, 3.05) is 24.9 Å². The lowest BCUT2D eigenvalue weighted by Gasteiger charge is -2.13. The van der Waals surface area contributed by atoms with E-state index in [1.165, 1.54) is 6.07 Å². The van der Waals surface area contributed by atoms with Crippen molar-refractivity contribution in [3.05, 3.63) is 48.3 Å². The van der Waals surface area contributed by atoms with Crippen molar-refractivity contribution >= 4 is 28.7 Å². The monoisotopic (exact) mass is 306 g/mol. The van der Waals surface area contributed by atoms with E-state index in [2.05, 4.69) is 10.6 Å². The van der Waals surface area contributed by atoms with Crippen LogP contribution in [0.3, 0.4) is 0 Å². The minimum absolute atomic E-state index is 0.274. The van der Waals surface area contributed by atoms with E-state index in [4.69, 9.17) is 21.7 Å². The maximum absolute atomic E-state index is 13.5. The normalized spacial score (nSPS) is 9.86. The van der Waals surface area contributed by atoms with Crippen LogP contribution in [0.1, 0.15) is 0 Å². The minimum Gasteiger partial charge on any atom is -0.497 e. The highest BCUT2D eigenvalue weighted by atomic mass is 32.1. The second-order valence-electron chi connectivity index (χ2n) is 4.16. The van der Waals surface area contributed by atoms with Gasteiger partial charge in [-0.25, -0.2) is 4.39 Å². The fourth-order valence-corrected chi connectivity index (χ4v) is 1.95. The van der Waals surface area contributed by atoms with Crippen LogP contribution in [0.15, 0.2) is 42.5 Å². The molecule has 0 aromatic heterocycles. The lowest BCUT2D eigenvalue weighted by atomic mass is 10.2. The number of ether oxygens (including phenoxy) is 2. The molecule has 0 amide bonds.